The Bertz CT molecular complexity index is 909. The van der Waals surface area contributed by atoms with E-state index in [1.807, 2.05) is 0 Å². The fraction of sp³-hybridized carbons (Fsp3) is 0.222. The molecule has 0 heterocycles. The highest BCUT2D eigenvalue weighted by atomic mass is 32.2. The van der Waals surface area contributed by atoms with Gasteiger partial charge in [-0.25, -0.2) is 13.6 Å². The maximum atomic E-state index is 12.0. The lowest BCUT2D eigenvalue weighted by Crippen LogP contribution is -2.40. The Labute approximate surface area is 157 Å². The van der Waals surface area contributed by atoms with Crippen molar-refractivity contribution in [2.45, 2.75) is 24.4 Å². The smallest absolute Gasteiger partial charge is 0.309 e. The number of methoxy groups -OCH3 is 1. The normalized spacial score (nSPS) is 12.1. The van der Waals surface area contributed by atoms with Crippen LogP contribution in [0.2, 0.25) is 0 Å². The second-order valence-corrected chi connectivity index (χ2v) is 7.40. The van der Waals surface area contributed by atoms with Crippen LogP contribution in [0.3, 0.4) is 0 Å². The number of hydrogen-bond donors (Lipinski definition) is 3. The van der Waals surface area contributed by atoms with Crippen LogP contribution in [-0.2, 0) is 26.2 Å². The summed E-state index contributed by atoms with van der Waals surface area (Å²) in [5, 5.41) is 10.1. The Balaban J connectivity index is 1.88. The molecule has 144 valence electrons. The third-order valence-corrected chi connectivity index (χ3v) is 4.80. The predicted molar refractivity (Wildman–Crippen MR) is 99.2 cm³/mol. The lowest BCUT2D eigenvalue weighted by atomic mass is 10.1. The fourth-order valence-electron chi connectivity index (χ4n) is 2.30. The summed E-state index contributed by atoms with van der Waals surface area (Å²) in [7, 11) is -2.21. The Hall–Kier alpha value is -2.91. The second kappa shape index (κ2) is 8.65. The third kappa shape index (κ3) is 5.80. The molecule has 0 aromatic heterocycles. The first-order chi connectivity index (χ1) is 12.7. The summed E-state index contributed by atoms with van der Waals surface area (Å²) in [6.07, 6.45) is 0. The number of benzene rings is 2. The molecule has 0 saturated heterocycles. The standard InChI is InChI=1S/C18H21N3O5S/c1-12(14-5-7-15(26-2)8-6-14)21-18(23)17(22)20-11-13-3-9-16(10-4-13)27(19,24)25/h3-10,12H,11H2,1-2H3,(H,20,22)(H,21,23)(H2,19,24,25). The van der Waals surface area contributed by atoms with Gasteiger partial charge in [0, 0.05) is 6.54 Å². The monoisotopic (exact) mass is 391 g/mol. The summed E-state index contributed by atoms with van der Waals surface area (Å²) in [5.41, 5.74) is 1.46. The van der Waals surface area contributed by atoms with E-state index < -0.39 is 21.8 Å². The highest BCUT2D eigenvalue weighted by Gasteiger charge is 2.17. The number of ether oxygens (including phenoxy) is 1. The molecule has 8 nitrogen and oxygen atoms in total. The summed E-state index contributed by atoms with van der Waals surface area (Å²) < 4.78 is 27.5. The van der Waals surface area contributed by atoms with Crippen LogP contribution in [0.1, 0.15) is 24.1 Å². The van der Waals surface area contributed by atoms with E-state index in [2.05, 4.69) is 10.6 Å². The Kier molecular flexibility index (Phi) is 6.54. The molecule has 2 aromatic carbocycles. The molecule has 0 aliphatic rings. The number of sulfonamides is 1. The van der Waals surface area contributed by atoms with E-state index in [-0.39, 0.29) is 17.5 Å². The van der Waals surface area contributed by atoms with Crippen LogP contribution >= 0.6 is 0 Å². The van der Waals surface area contributed by atoms with Crippen molar-refractivity contribution in [3.63, 3.8) is 0 Å². The van der Waals surface area contributed by atoms with Gasteiger partial charge in [-0.3, -0.25) is 9.59 Å². The molecule has 1 atom stereocenters. The number of carbonyl (C=O) groups excluding carboxylic acids is 2. The molecule has 27 heavy (non-hydrogen) atoms. The molecule has 2 amide bonds. The molecule has 0 aliphatic carbocycles. The molecule has 2 aromatic rings. The van der Waals surface area contributed by atoms with Crippen molar-refractivity contribution in [2.24, 2.45) is 5.14 Å². The van der Waals surface area contributed by atoms with Gasteiger partial charge < -0.3 is 15.4 Å². The van der Waals surface area contributed by atoms with Crippen molar-refractivity contribution in [1.29, 1.82) is 0 Å². The van der Waals surface area contributed by atoms with Gasteiger partial charge in [-0.05, 0) is 42.3 Å². The van der Waals surface area contributed by atoms with Crippen molar-refractivity contribution in [1.82, 2.24) is 10.6 Å². The van der Waals surface area contributed by atoms with Crippen molar-refractivity contribution < 1.29 is 22.7 Å². The van der Waals surface area contributed by atoms with Crippen molar-refractivity contribution in [2.75, 3.05) is 7.11 Å². The average molecular weight is 391 g/mol. The maximum absolute atomic E-state index is 12.0. The topological polar surface area (TPSA) is 128 Å². The number of primary sulfonamides is 1. The number of rotatable bonds is 6. The van der Waals surface area contributed by atoms with Gasteiger partial charge in [0.1, 0.15) is 5.75 Å². The number of amides is 2. The second-order valence-electron chi connectivity index (χ2n) is 5.84. The molecule has 9 heteroatoms. The van der Waals surface area contributed by atoms with Crippen LogP contribution in [0.25, 0.3) is 0 Å². The Morgan fingerprint density at radius 2 is 1.63 bits per heavy atom. The van der Waals surface area contributed by atoms with E-state index in [9.17, 15) is 18.0 Å². The van der Waals surface area contributed by atoms with Gasteiger partial charge in [0.05, 0.1) is 18.0 Å². The van der Waals surface area contributed by atoms with Crippen LogP contribution in [0.4, 0.5) is 0 Å². The predicted octanol–water partition coefficient (Wildman–Crippen LogP) is 0.836. The number of nitrogens with one attached hydrogen (secondary N) is 2. The minimum Gasteiger partial charge on any atom is -0.497 e. The van der Waals surface area contributed by atoms with Gasteiger partial charge in [-0.2, -0.15) is 0 Å². The van der Waals surface area contributed by atoms with Crippen LogP contribution in [0.15, 0.2) is 53.4 Å². The first kappa shape index (κ1) is 20.4. The number of hydrogen-bond acceptors (Lipinski definition) is 5. The summed E-state index contributed by atoms with van der Waals surface area (Å²) in [5.74, 6) is -0.853. The summed E-state index contributed by atoms with van der Waals surface area (Å²) >= 11 is 0. The van der Waals surface area contributed by atoms with E-state index in [0.717, 1.165) is 5.56 Å². The molecule has 0 spiro atoms. The van der Waals surface area contributed by atoms with Crippen LogP contribution in [0, 0.1) is 0 Å². The fourth-order valence-corrected chi connectivity index (χ4v) is 2.81. The van der Waals surface area contributed by atoms with Gasteiger partial charge >= 0.3 is 11.8 Å². The number of carbonyl (C=O) groups is 2. The van der Waals surface area contributed by atoms with Crippen molar-refractivity contribution in [3.05, 3.63) is 59.7 Å². The molecular weight excluding hydrogens is 370 g/mol. The Morgan fingerprint density at radius 1 is 1.04 bits per heavy atom. The lowest BCUT2D eigenvalue weighted by Gasteiger charge is -2.14. The zero-order chi connectivity index (χ0) is 20.0. The zero-order valence-electron chi connectivity index (χ0n) is 14.9. The SMILES string of the molecule is COc1ccc(C(C)NC(=O)C(=O)NCc2ccc(S(N)(=O)=O)cc2)cc1. The summed E-state index contributed by atoms with van der Waals surface area (Å²) in [4.78, 5) is 23.9. The molecule has 1 unspecified atom stereocenters. The van der Waals surface area contributed by atoms with E-state index in [0.29, 0.717) is 11.3 Å². The average Bonchev–Trinajstić information content (AvgIpc) is 2.65. The van der Waals surface area contributed by atoms with Crippen molar-refractivity contribution in [3.8, 4) is 5.75 Å². The first-order valence-corrected chi connectivity index (χ1v) is 9.59. The van der Waals surface area contributed by atoms with Crippen LogP contribution < -0.4 is 20.5 Å². The zero-order valence-corrected chi connectivity index (χ0v) is 15.7. The highest BCUT2D eigenvalue weighted by Crippen LogP contribution is 2.17. The van der Waals surface area contributed by atoms with E-state index >= 15 is 0 Å². The summed E-state index contributed by atoms with van der Waals surface area (Å²) in [6, 6.07) is 12.5. The number of nitrogens with two attached hydrogens (primary N) is 1. The maximum Gasteiger partial charge on any atom is 0.309 e. The van der Waals surface area contributed by atoms with Gasteiger partial charge in [-0.1, -0.05) is 24.3 Å². The molecule has 4 N–H and O–H groups in total. The third-order valence-electron chi connectivity index (χ3n) is 3.87. The molecule has 0 radical (unpaired) electrons. The minimum atomic E-state index is -3.77. The molecular formula is C18H21N3O5S. The molecule has 0 aliphatic heterocycles. The van der Waals surface area contributed by atoms with E-state index in [1.165, 1.54) is 24.3 Å². The minimum absolute atomic E-state index is 0.0244. The Morgan fingerprint density at radius 3 is 2.15 bits per heavy atom. The summed E-state index contributed by atoms with van der Waals surface area (Å²) in [6.45, 7) is 1.84. The largest absolute Gasteiger partial charge is 0.497 e. The molecule has 0 saturated carbocycles. The van der Waals surface area contributed by atoms with E-state index in [4.69, 9.17) is 9.88 Å². The molecule has 0 bridgehead atoms. The van der Waals surface area contributed by atoms with Gasteiger partial charge in [0.15, 0.2) is 0 Å². The van der Waals surface area contributed by atoms with Crippen LogP contribution in [-0.4, -0.2) is 27.3 Å². The van der Waals surface area contributed by atoms with Crippen LogP contribution in [0.5, 0.6) is 5.75 Å². The quantitative estimate of drug-likeness (QED) is 0.629. The van der Waals surface area contributed by atoms with Gasteiger partial charge in [-0.15, -0.1) is 0 Å². The lowest BCUT2D eigenvalue weighted by molar-refractivity contribution is -0.139. The van der Waals surface area contributed by atoms with Gasteiger partial charge in [0.2, 0.25) is 10.0 Å². The first-order valence-electron chi connectivity index (χ1n) is 8.05. The van der Waals surface area contributed by atoms with Crippen molar-refractivity contribution >= 4 is 21.8 Å². The van der Waals surface area contributed by atoms with Gasteiger partial charge in [0.25, 0.3) is 0 Å². The molecule has 2 rings (SSSR count). The van der Waals surface area contributed by atoms with E-state index in [1.54, 1.807) is 38.3 Å². The molecule has 0 fully saturated rings. The highest BCUT2D eigenvalue weighted by molar-refractivity contribution is 7.89.